The highest BCUT2D eigenvalue weighted by Crippen LogP contribution is 2.36. The minimum absolute atomic E-state index is 0.0214. The number of hydrogen-bond acceptors (Lipinski definition) is 7. The number of ether oxygens (including phenoxy) is 3. The molecule has 2 N–H and O–H groups in total. The van der Waals surface area contributed by atoms with Gasteiger partial charge in [0, 0.05) is 11.1 Å². The van der Waals surface area contributed by atoms with Gasteiger partial charge in [-0.05, 0) is 85.9 Å². The molecule has 0 amide bonds. The summed E-state index contributed by atoms with van der Waals surface area (Å²) < 4.78 is 50.7. The average Bonchev–Trinajstić information content (AvgIpc) is 2.83. The van der Waals surface area contributed by atoms with Gasteiger partial charge in [0.1, 0.15) is 4.90 Å². The van der Waals surface area contributed by atoms with Crippen LogP contribution in [0.15, 0.2) is 17.0 Å². The molecule has 0 saturated heterocycles. The Morgan fingerprint density at radius 2 is 1.64 bits per heavy atom. The van der Waals surface area contributed by atoms with E-state index < -0.39 is 38.3 Å². The number of carbonyl (C=O) groups is 1. The molecule has 0 aliphatic heterocycles. The van der Waals surface area contributed by atoms with E-state index in [4.69, 9.17) is 37.4 Å². The third-order valence-electron chi connectivity index (χ3n) is 7.22. The highest BCUT2D eigenvalue weighted by Gasteiger charge is 2.29. The first-order valence-corrected chi connectivity index (χ1v) is 17.3. The summed E-state index contributed by atoms with van der Waals surface area (Å²) in [5.41, 5.74) is -0.765. The summed E-state index contributed by atoms with van der Waals surface area (Å²) >= 11 is 11.9. The fourth-order valence-corrected chi connectivity index (χ4v) is 6.01. The quantitative estimate of drug-likeness (QED) is 0.0590. The van der Waals surface area contributed by atoms with E-state index >= 15 is 0 Å². The van der Waals surface area contributed by atoms with Gasteiger partial charge in [0.2, 0.25) is 0 Å². The summed E-state index contributed by atoms with van der Waals surface area (Å²) in [5, 5.41) is 3.40. The molecular formula is C31H53Cl2NO7S. The molecule has 0 radical (unpaired) electrons. The Morgan fingerprint density at radius 3 is 2.26 bits per heavy atom. The highest BCUT2D eigenvalue weighted by molar-refractivity contribution is 7.86. The zero-order valence-electron chi connectivity index (χ0n) is 26.7. The van der Waals surface area contributed by atoms with Gasteiger partial charge in [0.05, 0.1) is 34.9 Å². The molecule has 0 saturated carbocycles. The van der Waals surface area contributed by atoms with Crippen LogP contribution in [0, 0.1) is 5.92 Å². The first-order valence-electron chi connectivity index (χ1n) is 15.1. The van der Waals surface area contributed by atoms with Crippen LogP contribution < -0.4 is 10.1 Å². The third kappa shape index (κ3) is 15.7. The van der Waals surface area contributed by atoms with Crippen LogP contribution in [0.1, 0.15) is 113 Å². The van der Waals surface area contributed by atoms with Crippen LogP contribution in [0.4, 0.5) is 0 Å². The number of unbranched alkanes of at least 4 members (excludes halogenated alkanes) is 4. The lowest BCUT2D eigenvalue weighted by Crippen LogP contribution is -2.36. The van der Waals surface area contributed by atoms with E-state index in [1.54, 1.807) is 6.92 Å². The molecule has 0 aliphatic carbocycles. The molecule has 0 heterocycles. The van der Waals surface area contributed by atoms with Crippen LogP contribution in [-0.4, -0.2) is 55.4 Å². The number of esters is 1. The Balaban J connectivity index is 2.49. The van der Waals surface area contributed by atoms with Crippen molar-refractivity contribution in [2.45, 2.75) is 141 Å². The molecule has 3 atom stereocenters. The number of nitrogens with one attached hydrogen (secondary N) is 1. The van der Waals surface area contributed by atoms with Crippen molar-refractivity contribution >= 4 is 39.3 Å². The minimum atomic E-state index is -4.72. The van der Waals surface area contributed by atoms with Gasteiger partial charge in [-0.25, -0.2) is 0 Å². The zero-order chi connectivity index (χ0) is 32.1. The molecule has 11 heteroatoms. The number of carbonyl (C=O) groups excluding carboxylic acids is 1. The lowest BCUT2D eigenvalue weighted by molar-refractivity contribution is -0.142. The summed E-state index contributed by atoms with van der Waals surface area (Å²) in [7, 11) is -4.72. The number of benzene rings is 1. The Morgan fingerprint density at radius 1 is 1.00 bits per heavy atom. The molecule has 0 fully saturated rings. The van der Waals surface area contributed by atoms with Gasteiger partial charge < -0.3 is 19.5 Å². The third-order valence-corrected chi connectivity index (χ3v) is 8.58. The van der Waals surface area contributed by atoms with Crippen molar-refractivity contribution < 1.29 is 32.0 Å². The molecule has 1 aromatic carbocycles. The van der Waals surface area contributed by atoms with Gasteiger partial charge in [-0.1, -0.05) is 69.2 Å². The van der Waals surface area contributed by atoms with Crippen molar-refractivity contribution in [1.82, 2.24) is 5.32 Å². The van der Waals surface area contributed by atoms with Crippen LogP contribution in [-0.2, 0) is 24.4 Å². The summed E-state index contributed by atoms with van der Waals surface area (Å²) in [6, 6.07) is 2.71. The Hall–Kier alpha value is -0.940. The van der Waals surface area contributed by atoms with Gasteiger partial charge in [-0.15, -0.1) is 0 Å². The number of rotatable bonds is 21. The SMILES string of the molecule is CCCCCCCC(C)NCCC(C)(C)OCCC(C)(C)OC(C)CC(C)C(=O)Oc1c(Cl)cc(Cl)cc1S(=O)(=O)O. The molecule has 3 unspecified atom stereocenters. The van der Waals surface area contributed by atoms with Gasteiger partial charge in [-0.3, -0.25) is 9.35 Å². The Bertz CT molecular complexity index is 1080. The van der Waals surface area contributed by atoms with E-state index in [2.05, 4.69) is 33.0 Å². The van der Waals surface area contributed by atoms with Gasteiger partial charge in [0.15, 0.2) is 5.75 Å². The fraction of sp³-hybridized carbons (Fsp3) is 0.774. The monoisotopic (exact) mass is 653 g/mol. The summed E-state index contributed by atoms with van der Waals surface area (Å²) in [6.07, 6.45) is 9.30. The maximum Gasteiger partial charge on any atom is 0.314 e. The molecule has 0 bridgehead atoms. The second-order valence-electron chi connectivity index (χ2n) is 12.6. The van der Waals surface area contributed by atoms with Gasteiger partial charge in [0.25, 0.3) is 10.1 Å². The van der Waals surface area contributed by atoms with Crippen LogP contribution in [0.2, 0.25) is 10.0 Å². The predicted octanol–water partition coefficient (Wildman–Crippen LogP) is 8.27. The molecule has 8 nitrogen and oxygen atoms in total. The Kier molecular flexibility index (Phi) is 16.9. The smallest absolute Gasteiger partial charge is 0.314 e. The Labute approximate surface area is 264 Å². The van der Waals surface area contributed by atoms with E-state index in [0.29, 0.717) is 25.5 Å². The topological polar surface area (TPSA) is 111 Å². The molecule has 0 spiro atoms. The fourth-order valence-electron chi connectivity index (χ4n) is 4.70. The first kappa shape index (κ1) is 39.1. The van der Waals surface area contributed by atoms with Crippen LogP contribution in [0.5, 0.6) is 5.75 Å². The van der Waals surface area contributed by atoms with Crippen LogP contribution in [0.25, 0.3) is 0 Å². The van der Waals surface area contributed by atoms with E-state index in [1.807, 2.05) is 20.8 Å². The van der Waals surface area contributed by atoms with Crippen molar-refractivity contribution in [3.63, 3.8) is 0 Å². The van der Waals surface area contributed by atoms with Gasteiger partial charge in [-0.2, -0.15) is 8.42 Å². The molecule has 1 rings (SSSR count). The van der Waals surface area contributed by atoms with Crippen molar-refractivity contribution in [2.75, 3.05) is 13.2 Å². The molecule has 244 valence electrons. The lowest BCUT2D eigenvalue weighted by atomic mass is 10.0. The van der Waals surface area contributed by atoms with E-state index in [1.165, 1.54) is 44.6 Å². The molecule has 42 heavy (non-hydrogen) atoms. The van der Waals surface area contributed by atoms with E-state index in [0.717, 1.165) is 19.0 Å². The number of hydrogen-bond donors (Lipinski definition) is 2. The predicted molar refractivity (Wildman–Crippen MR) is 170 cm³/mol. The summed E-state index contributed by atoms with van der Waals surface area (Å²) in [5.74, 6) is -1.80. The molecule has 0 aliphatic rings. The minimum Gasteiger partial charge on any atom is -0.423 e. The molecular weight excluding hydrogens is 601 g/mol. The van der Waals surface area contributed by atoms with Crippen LogP contribution in [0.3, 0.4) is 0 Å². The zero-order valence-corrected chi connectivity index (χ0v) is 29.1. The largest absolute Gasteiger partial charge is 0.423 e. The number of halogens is 2. The summed E-state index contributed by atoms with van der Waals surface area (Å²) in [4.78, 5) is 12.1. The van der Waals surface area contributed by atoms with E-state index in [9.17, 15) is 17.8 Å². The van der Waals surface area contributed by atoms with Crippen molar-refractivity contribution in [3.8, 4) is 5.75 Å². The lowest BCUT2D eigenvalue weighted by Gasteiger charge is -2.32. The maximum absolute atomic E-state index is 12.8. The normalized spacial score (nSPS) is 14.9. The maximum atomic E-state index is 12.8. The average molecular weight is 655 g/mol. The highest BCUT2D eigenvalue weighted by atomic mass is 35.5. The van der Waals surface area contributed by atoms with Crippen LogP contribution >= 0.6 is 23.2 Å². The second kappa shape index (κ2) is 18.1. The van der Waals surface area contributed by atoms with Crippen molar-refractivity contribution in [2.24, 2.45) is 5.92 Å². The van der Waals surface area contributed by atoms with Crippen molar-refractivity contribution in [1.29, 1.82) is 0 Å². The molecule has 1 aromatic rings. The molecule has 0 aromatic heterocycles. The van der Waals surface area contributed by atoms with Gasteiger partial charge >= 0.3 is 5.97 Å². The summed E-state index contributed by atoms with van der Waals surface area (Å²) in [6.45, 7) is 17.6. The standard InChI is InChI=1S/C31H53Cl2NO7S/c1-9-10-11-12-13-14-23(3)34-17-15-30(5,6)39-18-16-31(7,8)41-24(4)19-22(2)29(35)40-28-26(33)20-25(32)21-27(28)42(36,37)38/h20-24,34H,9-19H2,1-8H3,(H,36,37,38). The second-order valence-corrected chi connectivity index (χ2v) is 14.8. The van der Waals surface area contributed by atoms with E-state index in [-0.39, 0.29) is 21.8 Å². The first-order chi connectivity index (χ1) is 19.4. The van der Waals surface area contributed by atoms with Crippen molar-refractivity contribution in [3.05, 3.63) is 22.2 Å².